The van der Waals surface area contributed by atoms with Crippen LogP contribution in [-0.4, -0.2) is 5.78 Å². The molecule has 0 aromatic heterocycles. The number of hydrogen-bond acceptors (Lipinski definition) is 1. The Hall–Kier alpha value is -1.89. The molecule has 0 aliphatic heterocycles. The van der Waals surface area contributed by atoms with Gasteiger partial charge in [0.1, 0.15) is 0 Å². The van der Waals surface area contributed by atoms with Crippen molar-refractivity contribution in [3.8, 4) is 0 Å². The van der Waals surface area contributed by atoms with E-state index in [2.05, 4.69) is 31.2 Å². The second-order valence-corrected chi connectivity index (χ2v) is 5.16. The minimum Gasteiger partial charge on any atom is -0.294 e. The standard InChI is InChI=1S/C18H20O/c1-13-7-9-16(10-8-13)11-12-18(19)17-6-4-5-14(2)15(17)3/h4-10H,11-12H2,1-3H3. The molecule has 0 N–H and O–H groups in total. The number of carbonyl (C=O) groups excluding carboxylic acids is 1. The predicted octanol–water partition coefficient (Wildman–Crippen LogP) is 4.43. The van der Waals surface area contributed by atoms with Gasteiger partial charge in [0.2, 0.25) is 0 Å². The van der Waals surface area contributed by atoms with Crippen molar-refractivity contribution in [1.82, 2.24) is 0 Å². The number of rotatable bonds is 4. The zero-order valence-corrected chi connectivity index (χ0v) is 11.9. The first kappa shape index (κ1) is 13.5. The van der Waals surface area contributed by atoms with Crippen LogP contribution in [0.2, 0.25) is 0 Å². The molecular formula is C18H20O. The van der Waals surface area contributed by atoms with Gasteiger partial charge >= 0.3 is 0 Å². The minimum atomic E-state index is 0.238. The van der Waals surface area contributed by atoms with Gasteiger partial charge in [-0.25, -0.2) is 0 Å². The van der Waals surface area contributed by atoms with Gasteiger partial charge in [0.15, 0.2) is 5.78 Å². The van der Waals surface area contributed by atoms with Crippen molar-refractivity contribution in [3.63, 3.8) is 0 Å². The van der Waals surface area contributed by atoms with E-state index in [0.29, 0.717) is 6.42 Å². The summed E-state index contributed by atoms with van der Waals surface area (Å²) >= 11 is 0. The van der Waals surface area contributed by atoms with E-state index in [1.54, 1.807) is 0 Å². The average Bonchev–Trinajstić information content (AvgIpc) is 2.41. The average molecular weight is 252 g/mol. The van der Waals surface area contributed by atoms with Crippen LogP contribution in [0.3, 0.4) is 0 Å². The molecular weight excluding hydrogens is 232 g/mol. The summed E-state index contributed by atoms with van der Waals surface area (Å²) in [5.41, 5.74) is 5.64. The lowest BCUT2D eigenvalue weighted by atomic mass is 9.96. The first-order valence-corrected chi connectivity index (χ1v) is 6.73. The Labute approximate surface area is 115 Å². The smallest absolute Gasteiger partial charge is 0.163 e. The van der Waals surface area contributed by atoms with Gasteiger partial charge in [-0.3, -0.25) is 4.79 Å². The summed E-state index contributed by atoms with van der Waals surface area (Å²) in [6.07, 6.45) is 1.39. The molecule has 2 rings (SSSR count). The van der Waals surface area contributed by atoms with Crippen molar-refractivity contribution in [2.75, 3.05) is 0 Å². The molecule has 0 amide bonds. The fourth-order valence-corrected chi connectivity index (χ4v) is 2.20. The van der Waals surface area contributed by atoms with E-state index in [1.807, 2.05) is 32.0 Å². The molecule has 2 aromatic carbocycles. The van der Waals surface area contributed by atoms with Crippen molar-refractivity contribution in [2.45, 2.75) is 33.6 Å². The third-order valence-corrected chi connectivity index (χ3v) is 3.67. The lowest BCUT2D eigenvalue weighted by molar-refractivity contribution is 0.0982. The number of aryl methyl sites for hydroxylation is 3. The van der Waals surface area contributed by atoms with Gasteiger partial charge in [0.25, 0.3) is 0 Å². The fourth-order valence-electron chi connectivity index (χ4n) is 2.20. The highest BCUT2D eigenvalue weighted by molar-refractivity contribution is 5.97. The van der Waals surface area contributed by atoms with Crippen molar-refractivity contribution in [1.29, 1.82) is 0 Å². The van der Waals surface area contributed by atoms with Crippen LogP contribution in [0.4, 0.5) is 0 Å². The summed E-state index contributed by atoms with van der Waals surface area (Å²) in [5, 5.41) is 0. The maximum atomic E-state index is 12.3. The third kappa shape index (κ3) is 3.31. The van der Waals surface area contributed by atoms with Crippen LogP contribution in [0.1, 0.15) is 39.0 Å². The Morgan fingerprint density at radius 3 is 2.32 bits per heavy atom. The summed E-state index contributed by atoms with van der Waals surface area (Å²) in [6, 6.07) is 14.3. The zero-order valence-electron chi connectivity index (χ0n) is 11.9. The highest BCUT2D eigenvalue weighted by Crippen LogP contribution is 2.16. The van der Waals surface area contributed by atoms with Gasteiger partial charge in [-0.15, -0.1) is 0 Å². The van der Waals surface area contributed by atoms with E-state index in [1.165, 1.54) is 16.7 Å². The lowest BCUT2D eigenvalue weighted by Gasteiger charge is -2.07. The number of benzene rings is 2. The molecule has 0 saturated heterocycles. The van der Waals surface area contributed by atoms with Gasteiger partial charge in [-0.1, -0.05) is 48.0 Å². The van der Waals surface area contributed by atoms with Gasteiger partial charge in [0.05, 0.1) is 0 Å². The quantitative estimate of drug-likeness (QED) is 0.736. The molecule has 2 aromatic rings. The van der Waals surface area contributed by atoms with E-state index in [9.17, 15) is 4.79 Å². The Morgan fingerprint density at radius 1 is 0.947 bits per heavy atom. The second-order valence-electron chi connectivity index (χ2n) is 5.16. The highest BCUT2D eigenvalue weighted by Gasteiger charge is 2.10. The van der Waals surface area contributed by atoms with Crippen LogP contribution in [0.5, 0.6) is 0 Å². The van der Waals surface area contributed by atoms with Crippen molar-refractivity contribution in [3.05, 3.63) is 70.3 Å². The summed E-state index contributed by atoms with van der Waals surface area (Å²) in [7, 11) is 0. The van der Waals surface area contributed by atoms with E-state index in [4.69, 9.17) is 0 Å². The minimum absolute atomic E-state index is 0.238. The molecule has 0 unspecified atom stereocenters. The van der Waals surface area contributed by atoms with Gasteiger partial charge in [-0.05, 0) is 43.9 Å². The Kier molecular flexibility index (Phi) is 4.16. The molecule has 1 nitrogen and oxygen atoms in total. The number of Topliss-reactive ketones (excluding diaryl/α,β-unsaturated/α-hetero) is 1. The molecule has 0 saturated carbocycles. The molecule has 0 heterocycles. The molecule has 0 atom stereocenters. The molecule has 0 aliphatic carbocycles. The molecule has 1 heteroatoms. The van der Waals surface area contributed by atoms with Crippen molar-refractivity contribution < 1.29 is 4.79 Å². The summed E-state index contributed by atoms with van der Waals surface area (Å²) < 4.78 is 0. The van der Waals surface area contributed by atoms with E-state index >= 15 is 0 Å². The lowest BCUT2D eigenvalue weighted by Crippen LogP contribution is -2.04. The molecule has 0 fully saturated rings. The largest absolute Gasteiger partial charge is 0.294 e. The topological polar surface area (TPSA) is 17.1 Å². The molecule has 0 spiro atoms. The molecule has 0 aliphatic rings. The van der Waals surface area contributed by atoms with Crippen LogP contribution in [-0.2, 0) is 6.42 Å². The maximum absolute atomic E-state index is 12.3. The van der Waals surface area contributed by atoms with Crippen molar-refractivity contribution >= 4 is 5.78 Å². The van der Waals surface area contributed by atoms with Crippen LogP contribution in [0.15, 0.2) is 42.5 Å². The predicted molar refractivity (Wildman–Crippen MR) is 79.7 cm³/mol. The third-order valence-electron chi connectivity index (χ3n) is 3.67. The number of hydrogen-bond donors (Lipinski definition) is 0. The summed E-state index contributed by atoms with van der Waals surface area (Å²) in [5.74, 6) is 0.238. The fraction of sp³-hybridized carbons (Fsp3) is 0.278. The Balaban J connectivity index is 2.05. The van der Waals surface area contributed by atoms with E-state index < -0.39 is 0 Å². The molecule has 98 valence electrons. The van der Waals surface area contributed by atoms with Crippen LogP contribution >= 0.6 is 0 Å². The first-order valence-electron chi connectivity index (χ1n) is 6.73. The normalized spacial score (nSPS) is 10.5. The van der Waals surface area contributed by atoms with Crippen LogP contribution in [0, 0.1) is 20.8 Å². The second kappa shape index (κ2) is 5.83. The van der Waals surface area contributed by atoms with Crippen LogP contribution in [0.25, 0.3) is 0 Å². The summed E-state index contributed by atoms with van der Waals surface area (Å²) in [6.45, 7) is 6.14. The SMILES string of the molecule is Cc1ccc(CCC(=O)c2cccc(C)c2C)cc1. The summed E-state index contributed by atoms with van der Waals surface area (Å²) in [4.78, 5) is 12.3. The van der Waals surface area contributed by atoms with Gasteiger partial charge in [0, 0.05) is 12.0 Å². The molecule has 0 radical (unpaired) electrons. The monoisotopic (exact) mass is 252 g/mol. The van der Waals surface area contributed by atoms with Gasteiger partial charge < -0.3 is 0 Å². The van der Waals surface area contributed by atoms with E-state index in [-0.39, 0.29) is 5.78 Å². The van der Waals surface area contributed by atoms with Crippen LogP contribution < -0.4 is 0 Å². The molecule has 0 bridgehead atoms. The number of carbonyl (C=O) groups is 1. The van der Waals surface area contributed by atoms with Crippen molar-refractivity contribution in [2.24, 2.45) is 0 Å². The Morgan fingerprint density at radius 2 is 1.63 bits per heavy atom. The van der Waals surface area contributed by atoms with Gasteiger partial charge in [-0.2, -0.15) is 0 Å². The van der Waals surface area contributed by atoms with E-state index in [0.717, 1.165) is 17.5 Å². The number of ketones is 1. The molecule has 19 heavy (non-hydrogen) atoms. The highest BCUT2D eigenvalue weighted by atomic mass is 16.1. The zero-order chi connectivity index (χ0) is 13.8. The maximum Gasteiger partial charge on any atom is 0.163 e. The Bertz CT molecular complexity index is 579. The first-order chi connectivity index (χ1) is 9.08.